The van der Waals surface area contributed by atoms with Crippen LogP contribution in [0.2, 0.25) is 0 Å². The number of nitrogens with zero attached hydrogens (tertiary/aromatic N) is 1. The van der Waals surface area contributed by atoms with Crippen LogP contribution in [-0.2, 0) is 13.0 Å². The van der Waals surface area contributed by atoms with Gasteiger partial charge in [0, 0.05) is 0 Å². The van der Waals surface area contributed by atoms with Crippen LogP contribution in [-0.4, -0.2) is 4.98 Å². The molecule has 0 spiro atoms. The minimum absolute atomic E-state index is 0.657. The van der Waals surface area contributed by atoms with Crippen molar-refractivity contribution in [3.8, 4) is 0 Å². The molecule has 84 valence electrons. The number of para-hydroxylation sites is 2. The molecule has 2 rings (SSSR count). The Bertz CT molecular complexity index is 494. The van der Waals surface area contributed by atoms with E-state index in [1.54, 1.807) is 0 Å². The van der Waals surface area contributed by atoms with Gasteiger partial charge in [0.1, 0.15) is 6.54 Å². The van der Waals surface area contributed by atoms with Gasteiger partial charge < -0.3 is 0 Å². The number of rotatable bonds is 4. The fraction of sp³-hybridized carbons (Fsp3) is 0.357. The summed E-state index contributed by atoms with van der Waals surface area (Å²) in [5.74, 6) is 1.94. The van der Waals surface area contributed by atoms with Crippen LogP contribution in [0.3, 0.4) is 0 Å². The van der Waals surface area contributed by atoms with Crippen LogP contribution in [0.15, 0.2) is 36.9 Å². The maximum absolute atomic E-state index is 3.83. The highest BCUT2D eigenvalue weighted by atomic mass is 15.1. The van der Waals surface area contributed by atoms with E-state index in [-0.39, 0.29) is 0 Å². The smallest absolute Gasteiger partial charge is 0.241 e. The molecule has 0 fully saturated rings. The largest absolute Gasteiger partial charge is 0.255 e. The standard InChI is InChI=1S/C14H18N2/c1-4-9-16-13-8-6-5-7-12(13)15-14(16)10-11(2)3/h4-8,11H,1,9-10H2,2-3H3/p+1. The monoisotopic (exact) mass is 215 g/mol. The maximum Gasteiger partial charge on any atom is 0.255 e. The third kappa shape index (κ3) is 2.01. The molecule has 1 N–H and O–H groups in total. The zero-order valence-electron chi connectivity index (χ0n) is 10.0. The average molecular weight is 215 g/mol. The highest BCUT2D eigenvalue weighted by molar-refractivity contribution is 5.71. The lowest BCUT2D eigenvalue weighted by Crippen LogP contribution is -2.36. The van der Waals surface area contributed by atoms with Gasteiger partial charge in [-0.1, -0.05) is 38.6 Å². The number of allylic oxidation sites excluding steroid dienone is 1. The molecule has 0 bridgehead atoms. The Balaban J connectivity index is 2.53. The first-order valence-electron chi connectivity index (χ1n) is 5.82. The Morgan fingerprint density at radius 3 is 2.81 bits per heavy atom. The van der Waals surface area contributed by atoms with Crippen LogP contribution >= 0.6 is 0 Å². The molecule has 0 amide bonds. The first-order chi connectivity index (χ1) is 7.72. The highest BCUT2D eigenvalue weighted by Crippen LogP contribution is 2.11. The summed E-state index contributed by atoms with van der Waals surface area (Å²) in [6.07, 6.45) is 3.02. The van der Waals surface area contributed by atoms with Crippen molar-refractivity contribution in [3.05, 3.63) is 42.7 Å². The molecule has 0 radical (unpaired) electrons. The molecule has 2 heteroatoms. The quantitative estimate of drug-likeness (QED) is 0.597. The number of fused-ring (bicyclic) bond motifs is 1. The van der Waals surface area contributed by atoms with E-state index in [0.29, 0.717) is 5.92 Å². The zero-order valence-corrected chi connectivity index (χ0v) is 10.0. The summed E-state index contributed by atoms with van der Waals surface area (Å²) in [7, 11) is 0. The molecule has 1 aromatic carbocycles. The third-order valence-electron chi connectivity index (χ3n) is 2.71. The van der Waals surface area contributed by atoms with Crippen molar-refractivity contribution in [2.24, 2.45) is 5.92 Å². The lowest BCUT2D eigenvalue weighted by atomic mass is 10.1. The number of benzene rings is 1. The number of imidazole rings is 1. The van der Waals surface area contributed by atoms with Gasteiger partial charge >= 0.3 is 0 Å². The Morgan fingerprint density at radius 1 is 1.38 bits per heavy atom. The Morgan fingerprint density at radius 2 is 2.12 bits per heavy atom. The van der Waals surface area contributed by atoms with E-state index in [2.05, 4.69) is 54.2 Å². The number of aromatic amines is 1. The van der Waals surface area contributed by atoms with Gasteiger partial charge in [0.2, 0.25) is 0 Å². The van der Waals surface area contributed by atoms with Gasteiger partial charge in [-0.3, -0.25) is 0 Å². The van der Waals surface area contributed by atoms with Crippen molar-refractivity contribution in [2.45, 2.75) is 26.8 Å². The summed E-state index contributed by atoms with van der Waals surface area (Å²) in [6.45, 7) is 9.17. The molecule has 0 unspecified atom stereocenters. The third-order valence-corrected chi connectivity index (χ3v) is 2.71. The molecule has 0 saturated carbocycles. The lowest BCUT2D eigenvalue weighted by Gasteiger charge is -2.01. The van der Waals surface area contributed by atoms with E-state index >= 15 is 0 Å². The fourth-order valence-electron chi connectivity index (χ4n) is 2.07. The molecule has 0 aliphatic rings. The Hall–Kier alpha value is -1.57. The second kappa shape index (κ2) is 4.52. The van der Waals surface area contributed by atoms with Crippen LogP contribution in [0, 0.1) is 5.92 Å². The van der Waals surface area contributed by atoms with Gasteiger partial charge in [-0.2, -0.15) is 0 Å². The normalized spacial score (nSPS) is 11.2. The van der Waals surface area contributed by atoms with Crippen LogP contribution in [0.4, 0.5) is 0 Å². The molecular formula is C14H19N2+. The number of H-pyrrole nitrogens is 1. The van der Waals surface area contributed by atoms with Crippen molar-refractivity contribution >= 4 is 11.0 Å². The van der Waals surface area contributed by atoms with Gasteiger partial charge in [0.05, 0.1) is 6.42 Å². The van der Waals surface area contributed by atoms with Crippen LogP contribution in [0.25, 0.3) is 11.0 Å². The van der Waals surface area contributed by atoms with Gasteiger partial charge in [0.25, 0.3) is 5.82 Å². The molecule has 0 aliphatic carbocycles. The zero-order chi connectivity index (χ0) is 11.5. The highest BCUT2D eigenvalue weighted by Gasteiger charge is 2.17. The van der Waals surface area contributed by atoms with E-state index in [1.807, 2.05) is 6.08 Å². The Kier molecular flexibility index (Phi) is 3.09. The predicted octanol–water partition coefficient (Wildman–Crippen LogP) is 2.84. The number of nitrogens with one attached hydrogen (secondary N) is 1. The average Bonchev–Trinajstić information content (AvgIpc) is 2.57. The summed E-state index contributed by atoms with van der Waals surface area (Å²) < 4.78 is 2.31. The minimum Gasteiger partial charge on any atom is -0.241 e. The number of hydrogen-bond acceptors (Lipinski definition) is 0. The van der Waals surface area contributed by atoms with Gasteiger partial charge in [-0.25, -0.2) is 9.55 Å². The summed E-state index contributed by atoms with van der Waals surface area (Å²) in [4.78, 5) is 3.50. The van der Waals surface area contributed by atoms with Crippen molar-refractivity contribution in [1.29, 1.82) is 0 Å². The summed E-state index contributed by atoms with van der Waals surface area (Å²) in [6, 6.07) is 8.42. The molecule has 1 heterocycles. The molecular weight excluding hydrogens is 196 g/mol. The van der Waals surface area contributed by atoms with Gasteiger partial charge in [0.15, 0.2) is 11.0 Å². The topological polar surface area (TPSA) is 19.7 Å². The molecule has 1 aromatic heterocycles. The summed E-state index contributed by atoms with van der Waals surface area (Å²) in [5, 5.41) is 0. The fourth-order valence-corrected chi connectivity index (χ4v) is 2.07. The van der Waals surface area contributed by atoms with E-state index in [1.165, 1.54) is 16.9 Å². The number of aromatic nitrogens is 2. The Labute approximate surface area is 96.6 Å². The maximum atomic E-state index is 3.83. The van der Waals surface area contributed by atoms with Crippen molar-refractivity contribution in [1.82, 2.24) is 4.98 Å². The number of hydrogen-bond donors (Lipinski definition) is 1. The molecule has 0 aliphatic heterocycles. The van der Waals surface area contributed by atoms with Crippen LogP contribution < -0.4 is 4.57 Å². The van der Waals surface area contributed by atoms with Crippen molar-refractivity contribution in [3.63, 3.8) is 0 Å². The second-order valence-corrected chi connectivity index (χ2v) is 4.59. The van der Waals surface area contributed by atoms with E-state index in [9.17, 15) is 0 Å². The van der Waals surface area contributed by atoms with Crippen molar-refractivity contribution in [2.75, 3.05) is 0 Å². The van der Waals surface area contributed by atoms with Gasteiger partial charge in [-0.05, 0) is 18.1 Å². The van der Waals surface area contributed by atoms with E-state index in [4.69, 9.17) is 0 Å². The molecule has 0 saturated heterocycles. The molecule has 16 heavy (non-hydrogen) atoms. The van der Waals surface area contributed by atoms with Crippen LogP contribution in [0.5, 0.6) is 0 Å². The van der Waals surface area contributed by atoms with E-state index in [0.717, 1.165) is 13.0 Å². The molecule has 2 aromatic rings. The minimum atomic E-state index is 0.657. The lowest BCUT2D eigenvalue weighted by molar-refractivity contribution is -0.668. The van der Waals surface area contributed by atoms with Crippen molar-refractivity contribution < 1.29 is 4.57 Å². The van der Waals surface area contributed by atoms with Crippen LogP contribution in [0.1, 0.15) is 19.7 Å². The SMILES string of the molecule is C=CC[n+]1c(CC(C)C)[nH]c2ccccc21. The van der Waals surface area contributed by atoms with E-state index < -0.39 is 0 Å². The molecule has 2 nitrogen and oxygen atoms in total. The second-order valence-electron chi connectivity index (χ2n) is 4.59. The molecule has 0 atom stereocenters. The van der Waals surface area contributed by atoms with Gasteiger partial charge in [-0.15, -0.1) is 0 Å². The summed E-state index contributed by atoms with van der Waals surface area (Å²) in [5.41, 5.74) is 2.47. The summed E-state index contributed by atoms with van der Waals surface area (Å²) >= 11 is 0. The first-order valence-corrected chi connectivity index (χ1v) is 5.82. The predicted molar refractivity (Wildman–Crippen MR) is 67.2 cm³/mol. The first kappa shape index (κ1) is 10.9.